The van der Waals surface area contributed by atoms with Crippen molar-refractivity contribution < 1.29 is 19.4 Å². The van der Waals surface area contributed by atoms with Crippen molar-refractivity contribution in [3.8, 4) is 11.1 Å². The zero-order valence-corrected chi connectivity index (χ0v) is 17.4. The van der Waals surface area contributed by atoms with Crippen LogP contribution in [-0.2, 0) is 16.0 Å². The second-order valence-electron chi connectivity index (χ2n) is 7.81. The maximum atomic E-state index is 12.7. The molecule has 3 aromatic rings. The van der Waals surface area contributed by atoms with Gasteiger partial charge in [0.25, 0.3) is 0 Å². The van der Waals surface area contributed by atoms with Gasteiger partial charge in [-0.2, -0.15) is 0 Å². The molecule has 0 fully saturated rings. The van der Waals surface area contributed by atoms with E-state index in [-0.39, 0.29) is 18.9 Å². The zero-order chi connectivity index (χ0) is 21.8. The lowest BCUT2D eigenvalue weighted by Crippen LogP contribution is -2.19. The highest BCUT2D eigenvalue weighted by Gasteiger charge is 2.29. The highest BCUT2D eigenvalue weighted by molar-refractivity contribution is 5.87. The lowest BCUT2D eigenvalue weighted by molar-refractivity contribution is -0.137. The Hall–Kier alpha value is -3.60. The number of hydrogen-bond donors (Lipinski definition) is 2. The average Bonchev–Trinajstić information content (AvgIpc) is 3.08. The van der Waals surface area contributed by atoms with Gasteiger partial charge in [0.15, 0.2) is 0 Å². The SMILES string of the molecule is Cc1cccc(CCCC(=O)O)c1NC(=O)OCC1c2ccccc2-c2ccccc21. The molecule has 158 valence electrons. The van der Waals surface area contributed by atoms with E-state index in [4.69, 9.17) is 9.84 Å². The Bertz CT molecular complexity index is 1080. The normalized spacial score (nSPS) is 12.2. The summed E-state index contributed by atoms with van der Waals surface area (Å²) in [6.07, 6.45) is 0.680. The minimum Gasteiger partial charge on any atom is -0.481 e. The van der Waals surface area contributed by atoms with Crippen LogP contribution in [0.1, 0.15) is 41.0 Å². The van der Waals surface area contributed by atoms with Gasteiger partial charge in [0.05, 0.1) is 5.69 Å². The monoisotopic (exact) mass is 415 g/mol. The van der Waals surface area contributed by atoms with Gasteiger partial charge >= 0.3 is 12.1 Å². The molecule has 3 aromatic carbocycles. The number of rotatable bonds is 7. The Kier molecular flexibility index (Phi) is 6.03. The summed E-state index contributed by atoms with van der Waals surface area (Å²) >= 11 is 0. The molecule has 2 N–H and O–H groups in total. The molecule has 0 bridgehead atoms. The molecule has 5 heteroatoms. The summed E-state index contributed by atoms with van der Waals surface area (Å²) in [6, 6.07) is 22.2. The second kappa shape index (κ2) is 9.04. The molecule has 0 saturated carbocycles. The number of aliphatic carboxylic acids is 1. The summed E-state index contributed by atoms with van der Waals surface area (Å²) in [6.45, 7) is 2.17. The third-order valence-electron chi connectivity index (χ3n) is 5.77. The number of carboxylic acids is 1. The number of carboxylic acid groups (broad SMARTS) is 1. The Morgan fingerprint density at radius 3 is 2.23 bits per heavy atom. The van der Waals surface area contributed by atoms with Gasteiger partial charge in [-0.15, -0.1) is 0 Å². The van der Waals surface area contributed by atoms with Crippen LogP contribution in [0, 0.1) is 6.92 Å². The maximum Gasteiger partial charge on any atom is 0.411 e. The second-order valence-corrected chi connectivity index (χ2v) is 7.81. The number of anilines is 1. The van der Waals surface area contributed by atoms with E-state index < -0.39 is 12.1 Å². The molecule has 0 saturated heterocycles. The third-order valence-corrected chi connectivity index (χ3v) is 5.77. The standard InChI is InChI=1S/C26H25NO4/c1-17-8-6-9-18(10-7-15-24(28)29)25(17)27-26(30)31-16-23-21-13-4-2-11-19(21)20-12-3-5-14-22(20)23/h2-6,8-9,11-14,23H,7,10,15-16H2,1H3,(H,27,30)(H,28,29). The van der Waals surface area contributed by atoms with Gasteiger partial charge < -0.3 is 9.84 Å². The molecular formula is C26H25NO4. The quantitative estimate of drug-likeness (QED) is 0.514. The smallest absolute Gasteiger partial charge is 0.411 e. The minimum atomic E-state index is -0.821. The molecule has 31 heavy (non-hydrogen) atoms. The first kappa shape index (κ1) is 20.7. The molecule has 0 unspecified atom stereocenters. The fourth-order valence-electron chi connectivity index (χ4n) is 4.28. The summed E-state index contributed by atoms with van der Waals surface area (Å²) in [5, 5.41) is 11.8. The fraction of sp³-hybridized carbons (Fsp3) is 0.231. The minimum absolute atomic E-state index is 0.00468. The van der Waals surface area contributed by atoms with Crippen LogP contribution >= 0.6 is 0 Å². The molecule has 0 aromatic heterocycles. The van der Waals surface area contributed by atoms with Crippen molar-refractivity contribution in [1.82, 2.24) is 0 Å². The largest absolute Gasteiger partial charge is 0.481 e. The lowest BCUT2D eigenvalue weighted by Gasteiger charge is -2.17. The van der Waals surface area contributed by atoms with Crippen molar-refractivity contribution >= 4 is 17.7 Å². The number of nitrogens with one attached hydrogen (secondary N) is 1. The highest BCUT2D eigenvalue weighted by Crippen LogP contribution is 2.44. The Balaban J connectivity index is 1.46. The van der Waals surface area contributed by atoms with Gasteiger partial charge in [0.2, 0.25) is 0 Å². The van der Waals surface area contributed by atoms with Crippen LogP contribution in [-0.4, -0.2) is 23.8 Å². The summed E-state index contributed by atoms with van der Waals surface area (Å²) in [5.41, 5.74) is 7.24. The molecule has 1 aliphatic rings. The zero-order valence-electron chi connectivity index (χ0n) is 17.4. The van der Waals surface area contributed by atoms with Crippen LogP contribution in [0.2, 0.25) is 0 Å². The molecular weight excluding hydrogens is 390 g/mol. The predicted octanol–water partition coefficient (Wildman–Crippen LogP) is 5.76. The number of amides is 1. The molecule has 4 rings (SSSR count). The first-order chi connectivity index (χ1) is 15.0. The van der Waals surface area contributed by atoms with Crippen molar-refractivity contribution in [3.63, 3.8) is 0 Å². The fourth-order valence-corrected chi connectivity index (χ4v) is 4.28. The van der Waals surface area contributed by atoms with Gasteiger partial charge in [0, 0.05) is 12.3 Å². The van der Waals surface area contributed by atoms with Gasteiger partial charge in [-0.1, -0.05) is 66.7 Å². The van der Waals surface area contributed by atoms with E-state index in [0.29, 0.717) is 18.5 Å². The van der Waals surface area contributed by atoms with Crippen LogP contribution in [0.25, 0.3) is 11.1 Å². The summed E-state index contributed by atoms with van der Waals surface area (Å²) < 4.78 is 5.65. The van der Waals surface area contributed by atoms with Crippen LogP contribution in [0.3, 0.4) is 0 Å². The van der Waals surface area contributed by atoms with E-state index in [0.717, 1.165) is 11.1 Å². The molecule has 1 amide bonds. The van der Waals surface area contributed by atoms with Crippen molar-refractivity contribution in [1.29, 1.82) is 0 Å². The van der Waals surface area contributed by atoms with Crippen LogP contribution in [0.5, 0.6) is 0 Å². The van der Waals surface area contributed by atoms with E-state index in [2.05, 4.69) is 29.6 Å². The van der Waals surface area contributed by atoms with Crippen LogP contribution in [0.4, 0.5) is 10.5 Å². The van der Waals surface area contributed by atoms with E-state index in [9.17, 15) is 9.59 Å². The number of hydrogen-bond acceptors (Lipinski definition) is 3. The Morgan fingerprint density at radius 1 is 0.935 bits per heavy atom. The molecule has 0 atom stereocenters. The number of aryl methyl sites for hydroxylation is 2. The maximum absolute atomic E-state index is 12.7. The first-order valence-corrected chi connectivity index (χ1v) is 10.5. The lowest BCUT2D eigenvalue weighted by atomic mass is 9.98. The summed E-state index contributed by atoms with van der Waals surface area (Å²) in [7, 11) is 0. The molecule has 5 nitrogen and oxygen atoms in total. The predicted molar refractivity (Wildman–Crippen MR) is 120 cm³/mol. The average molecular weight is 415 g/mol. The van der Waals surface area contributed by atoms with Crippen molar-refractivity contribution in [2.24, 2.45) is 0 Å². The van der Waals surface area contributed by atoms with Crippen molar-refractivity contribution in [3.05, 3.63) is 89.0 Å². The van der Waals surface area contributed by atoms with E-state index in [1.807, 2.05) is 49.4 Å². The number of fused-ring (bicyclic) bond motifs is 3. The number of carbonyl (C=O) groups is 2. The van der Waals surface area contributed by atoms with Gasteiger partial charge in [-0.3, -0.25) is 10.1 Å². The molecule has 0 heterocycles. The number of para-hydroxylation sites is 1. The van der Waals surface area contributed by atoms with E-state index >= 15 is 0 Å². The first-order valence-electron chi connectivity index (χ1n) is 10.5. The Morgan fingerprint density at radius 2 is 1.58 bits per heavy atom. The summed E-state index contributed by atoms with van der Waals surface area (Å²) in [4.78, 5) is 23.5. The third kappa shape index (κ3) is 4.45. The van der Waals surface area contributed by atoms with E-state index in [1.54, 1.807) is 0 Å². The highest BCUT2D eigenvalue weighted by atomic mass is 16.5. The van der Waals surface area contributed by atoms with Crippen molar-refractivity contribution in [2.45, 2.75) is 32.1 Å². The van der Waals surface area contributed by atoms with Crippen LogP contribution in [0.15, 0.2) is 66.7 Å². The van der Waals surface area contributed by atoms with Gasteiger partial charge in [-0.25, -0.2) is 4.79 Å². The van der Waals surface area contributed by atoms with E-state index in [1.165, 1.54) is 22.3 Å². The molecule has 0 aliphatic heterocycles. The number of benzene rings is 3. The van der Waals surface area contributed by atoms with Crippen LogP contribution < -0.4 is 5.32 Å². The molecule has 0 spiro atoms. The van der Waals surface area contributed by atoms with Crippen molar-refractivity contribution in [2.75, 3.05) is 11.9 Å². The Labute approximate surface area is 181 Å². The summed E-state index contributed by atoms with van der Waals surface area (Å²) in [5.74, 6) is -0.816. The molecule has 0 radical (unpaired) electrons. The number of carbonyl (C=O) groups excluding carboxylic acids is 1. The van der Waals surface area contributed by atoms with Gasteiger partial charge in [-0.05, 0) is 53.1 Å². The topological polar surface area (TPSA) is 75.6 Å². The van der Waals surface area contributed by atoms with Gasteiger partial charge in [0.1, 0.15) is 6.61 Å². The number of ether oxygens (including phenoxy) is 1. The molecule has 1 aliphatic carbocycles.